The van der Waals surface area contributed by atoms with Crippen LogP contribution < -0.4 is 15.2 Å². The van der Waals surface area contributed by atoms with E-state index in [4.69, 9.17) is 21.3 Å². The smallest absolute Gasteiger partial charge is 0.259 e. The van der Waals surface area contributed by atoms with Gasteiger partial charge in [0.2, 0.25) is 5.95 Å². The number of benzene rings is 3. The fourth-order valence-corrected chi connectivity index (χ4v) is 4.65. The number of anilines is 2. The molecule has 0 amide bonds. The van der Waals surface area contributed by atoms with Crippen LogP contribution in [0.2, 0.25) is 5.02 Å². The Kier molecular flexibility index (Phi) is 6.57. The van der Waals surface area contributed by atoms with Crippen LogP contribution in [0.25, 0.3) is 0 Å². The van der Waals surface area contributed by atoms with Crippen LogP contribution in [-0.2, 0) is 19.6 Å². The van der Waals surface area contributed by atoms with Gasteiger partial charge in [0, 0.05) is 29.2 Å². The maximum Gasteiger partial charge on any atom is 0.259 e. The fraction of sp³-hybridized carbons (Fsp3) is 0.214. The minimum Gasteiger partial charge on any atom is -0.497 e. The summed E-state index contributed by atoms with van der Waals surface area (Å²) in [7, 11) is 1.65. The zero-order chi connectivity index (χ0) is 24.4. The van der Waals surface area contributed by atoms with Crippen molar-refractivity contribution in [3.05, 3.63) is 117 Å². The summed E-state index contributed by atoms with van der Waals surface area (Å²) in [5.74, 6) is 1.42. The number of halogens is 1. The molecule has 0 saturated carbocycles. The summed E-state index contributed by atoms with van der Waals surface area (Å²) in [6.45, 7) is 3.53. The number of hydrogen-bond acceptors (Lipinski definition) is 5. The van der Waals surface area contributed by atoms with E-state index in [-0.39, 0.29) is 5.56 Å². The highest BCUT2D eigenvalue weighted by molar-refractivity contribution is 6.31. The van der Waals surface area contributed by atoms with Gasteiger partial charge in [0.05, 0.1) is 26.1 Å². The van der Waals surface area contributed by atoms with Gasteiger partial charge in [-0.2, -0.15) is 0 Å². The normalized spacial score (nSPS) is 13.5. The SMILES string of the molecule is COc1ccc(N2CN(Cc3ccccc3Cl)Cn3c2nc(C)c(Cc2ccccc2)c3=O)cc1. The molecule has 2 heterocycles. The standard InChI is InChI=1S/C28H27ClN4O2/c1-20-25(16-21-8-4-3-5-9-21)27(34)33-19-31(17-22-10-6-7-11-26(22)29)18-32(28(33)30-20)23-12-14-24(35-2)15-13-23/h3-15H,16-19H2,1-2H3. The van der Waals surface area contributed by atoms with Crippen molar-refractivity contribution in [3.63, 3.8) is 0 Å². The van der Waals surface area contributed by atoms with Gasteiger partial charge in [-0.3, -0.25) is 19.2 Å². The molecule has 0 atom stereocenters. The first-order valence-electron chi connectivity index (χ1n) is 11.5. The second-order valence-electron chi connectivity index (χ2n) is 8.70. The second kappa shape index (κ2) is 9.94. The highest BCUT2D eigenvalue weighted by Crippen LogP contribution is 2.30. The second-order valence-corrected chi connectivity index (χ2v) is 9.11. The fourth-order valence-electron chi connectivity index (χ4n) is 4.46. The van der Waals surface area contributed by atoms with Gasteiger partial charge < -0.3 is 4.74 Å². The molecule has 7 heteroatoms. The molecule has 3 aromatic carbocycles. The summed E-state index contributed by atoms with van der Waals surface area (Å²) in [5, 5.41) is 0.716. The summed E-state index contributed by atoms with van der Waals surface area (Å²) in [5.41, 5.74) is 4.50. The van der Waals surface area contributed by atoms with E-state index in [1.54, 1.807) is 11.7 Å². The quantitative estimate of drug-likeness (QED) is 0.366. The van der Waals surface area contributed by atoms with Crippen LogP contribution in [0, 0.1) is 6.92 Å². The number of nitrogens with zero attached hydrogens (tertiary/aromatic N) is 4. The minimum absolute atomic E-state index is 0.0151. The molecule has 0 unspecified atom stereocenters. The average Bonchev–Trinajstić information content (AvgIpc) is 2.89. The van der Waals surface area contributed by atoms with Crippen LogP contribution in [0.1, 0.15) is 22.4 Å². The van der Waals surface area contributed by atoms with Gasteiger partial charge in [-0.05, 0) is 48.4 Å². The molecule has 0 radical (unpaired) electrons. The number of hydrogen-bond donors (Lipinski definition) is 0. The van der Waals surface area contributed by atoms with Crippen LogP contribution in [0.5, 0.6) is 5.75 Å². The van der Waals surface area contributed by atoms with Crippen molar-refractivity contribution in [2.75, 3.05) is 18.7 Å². The van der Waals surface area contributed by atoms with Crippen LogP contribution in [-0.4, -0.2) is 28.2 Å². The largest absolute Gasteiger partial charge is 0.497 e. The molecule has 0 saturated heterocycles. The van der Waals surface area contributed by atoms with Crippen molar-refractivity contribution in [2.45, 2.75) is 26.6 Å². The van der Waals surface area contributed by atoms with Gasteiger partial charge in [0.15, 0.2) is 0 Å². The Balaban J connectivity index is 1.57. The van der Waals surface area contributed by atoms with E-state index in [1.807, 2.05) is 85.8 Å². The van der Waals surface area contributed by atoms with Gasteiger partial charge in [-0.15, -0.1) is 0 Å². The first-order valence-corrected chi connectivity index (χ1v) is 11.9. The number of fused-ring (bicyclic) bond motifs is 1. The summed E-state index contributed by atoms with van der Waals surface area (Å²) in [6, 6.07) is 25.7. The Labute approximate surface area is 210 Å². The van der Waals surface area contributed by atoms with Crippen molar-refractivity contribution in [1.82, 2.24) is 14.5 Å². The topological polar surface area (TPSA) is 50.6 Å². The van der Waals surface area contributed by atoms with Gasteiger partial charge >= 0.3 is 0 Å². The number of ether oxygens (including phenoxy) is 1. The van der Waals surface area contributed by atoms with Crippen molar-refractivity contribution in [1.29, 1.82) is 0 Å². The molecule has 0 fully saturated rings. The van der Waals surface area contributed by atoms with Crippen molar-refractivity contribution in [3.8, 4) is 5.75 Å². The zero-order valence-electron chi connectivity index (χ0n) is 19.8. The summed E-state index contributed by atoms with van der Waals surface area (Å²) < 4.78 is 7.11. The number of methoxy groups -OCH3 is 1. The molecule has 1 aliphatic heterocycles. The number of aryl methyl sites for hydroxylation is 1. The summed E-state index contributed by atoms with van der Waals surface area (Å²) in [6.07, 6.45) is 0.547. The van der Waals surface area contributed by atoms with Crippen LogP contribution in [0.15, 0.2) is 83.7 Å². The van der Waals surface area contributed by atoms with Crippen LogP contribution in [0.3, 0.4) is 0 Å². The van der Waals surface area contributed by atoms with E-state index < -0.39 is 0 Å². The van der Waals surface area contributed by atoms with E-state index in [1.165, 1.54) is 0 Å². The molecular formula is C28H27ClN4O2. The lowest BCUT2D eigenvalue weighted by atomic mass is 10.1. The Morgan fingerprint density at radius 2 is 1.66 bits per heavy atom. The molecule has 0 spiro atoms. The predicted octanol–water partition coefficient (Wildman–Crippen LogP) is 5.37. The third-order valence-electron chi connectivity index (χ3n) is 6.33. The molecule has 0 bridgehead atoms. The number of aromatic nitrogens is 2. The Bertz CT molecular complexity index is 1390. The Morgan fingerprint density at radius 3 is 2.37 bits per heavy atom. The molecule has 35 heavy (non-hydrogen) atoms. The first kappa shape index (κ1) is 23.1. The van der Waals surface area contributed by atoms with E-state index in [0.717, 1.165) is 28.3 Å². The molecule has 178 valence electrons. The highest BCUT2D eigenvalue weighted by atomic mass is 35.5. The van der Waals surface area contributed by atoms with Gasteiger partial charge in [0.25, 0.3) is 5.56 Å². The average molecular weight is 487 g/mol. The lowest BCUT2D eigenvalue weighted by Gasteiger charge is -2.38. The highest BCUT2D eigenvalue weighted by Gasteiger charge is 2.28. The Hall–Kier alpha value is -3.61. The van der Waals surface area contributed by atoms with Crippen LogP contribution >= 0.6 is 11.6 Å². The summed E-state index contributed by atoms with van der Waals surface area (Å²) in [4.78, 5) is 23.0. The molecule has 4 aromatic rings. The number of rotatable bonds is 6. The van der Waals surface area contributed by atoms with Crippen molar-refractivity contribution >= 4 is 23.2 Å². The lowest BCUT2D eigenvalue weighted by Crippen LogP contribution is -2.47. The zero-order valence-corrected chi connectivity index (χ0v) is 20.6. The molecule has 0 aliphatic carbocycles. The minimum atomic E-state index is -0.0151. The Morgan fingerprint density at radius 1 is 0.943 bits per heavy atom. The molecule has 5 rings (SSSR count). The molecule has 1 aliphatic rings. The third-order valence-corrected chi connectivity index (χ3v) is 6.70. The van der Waals surface area contributed by atoms with E-state index >= 15 is 0 Å². The van der Waals surface area contributed by atoms with Crippen LogP contribution in [0.4, 0.5) is 11.6 Å². The van der Waals surface area contributed by atoms with Crippen molar-refractivity contribution in [2.24, 2.45) is 0 Å². The van der Waals surface area contributed by atoms with E-state index in [9.17, 15) is 4.79 Å². The maximum absolute atomic E-state index is 13.8. The lowest BCUT2D eigenvalue weighted by molar-refractivity contribution is 0.190. The molecular weight excluding hydrogens is 460 g/mol. The predicted molar refractivity (Wildman–Crippen MR) is 139 cm³/mol. The van der Waals surface area contributed by atoms with Crippen molar-refractivity contribution < 1.29 is 4.74 Å². The van der Waals surface area contributed by atoms with Gasteiger partial charge in [-0.25, -0.2) is 4.98 Å². The molecule has 0 N–H and O–H groups in total. The van der Waals surface area contributed by atoms with Gasteiger partial charge in [-0.1, -0.05) is 60.1 Å². The molecule has 1 aromatic heterocycles. The van der Waals surface area contributed by atoms with E-state index in [2.05, 4.69) is 9.80 Å². The van der Waals surface area contributed by atoms with E-state index in [0.29, 0.717) is 42.8 Å². The molecule has 6 nitrogen and oxygen atoms in total. The monoisotopic (exact) mass is 486 g/mol. The third kappa shape index (κ3) is 4.81. The summed E-state index contributed by atoms with van der Waals surface area (Å²) >= 11 is 6.46. The maximum atomic E-state index is 13.8. The first-order chi connectivity index (χ1) is 17.0. The van der Waals surface area contributed by atoms with Gasteiger partial charge in [0.1, 0.15) is 5.75 Å².